The van der Waals surface area contributed by atoms with Gasteiger partial charge in [0.15, 0.2) is 0 Å². The van der Waals surface area contributed by atoms with Crippen molar-refractivity contribution in [3.63, 3.8) is 0 Å². The molecule has 0 radical (unpaired) electrons. The molecule has 0 bridgehead atoms. The number of furan rings is 1. The fourth-order valence-corrected chi connectivity index (χ4v) is 8.91. The number of halogens is 1. The van der Waals surface area contributed by atoms with Crippen LogP contribution >= 0.6 is 15.9 Å². The third-order valence-electron chi connectivity index (χ3n) is 11.3. The van der Waals surface area contributed by atoms with Crippen LogP contribution in [0.2, 0.25) is 0 Å². The predicted octanol–water partition coefficient (Wildman–Crippen LogP) is 14.6. The van der Waals surface area contributed by atoms with Crippen molar-refractivity contribution in [2.45, 2.75) is 52.4 Å². The third kappa shape index (κ3) is 5.49. The van der Waals surface area contributed by atoms with Crippen molar-refractivity contribution in [2.75, 3.05) is 4.90 Å². The lowest BCUT2D eigenvalue weighted by atomic mass is 9.85. The summed E-state index contributed by atoms with van der Waals surface area (Å²) in [4.78, 5) is 11.1. The molecule has 10 aromatic rings. The Balaban J connectivity index is 1.35. The van der Waals surface area contributed by atoms with Gasteiger partial charge in [-0.2, -0.15) is 0 Å². The molecule has 0 aliphatic rings. The monoisotopic (exact) mass is 792 g/mol. The molecule has 0 amide bonds. The lowest BCUT2D eigenvalue weighted by Crippen LogP contribution is -2.12. The van der Waals surface area contributed by atoms with Gasteiger partial charge in [-0.1, -0.05) is 84.0 Å². The lowest BCUT2D eigenvalue weighted by Gasteiger charge is -2.28. The van der Waals surface area contributed by atoms with Gasteiger partial charge in [0.1, 0.15) is 11.2 Å². The zero-order valence-electron chi connectivity index (χ0n) is 32.4. The molecule has 0 aliphatic carbocycles. The topological polar surface area (TPSA) is 47.1 Å². The molecule has 0 fully saturated rings. The Bertz CT molecular complexity index is 3040. The largest absolute Gasteiger partial charge is 0.456 e. The van der Waals surface area contributed by atoms with E-state index in [2.05, 4.69) is 186 Å². The Kier molecular flexibility index (Phi) is 7.71. The van der Waals surface area contributed by atoms with E-state index in [9.17, 15) is 0 Å². The van der Waals surface area contributed by atoms with Crippen LogP contribution in [0.4, 0.5) is 17.1 Å². The number of hydrogen-bond donors (Lipinski definition) is 0. The highest BCUT2D eigenvalue weighted by atomic mass is 79.9. The van der Waals surface area contributed by atoms with E-state index in [1.807, 2.05) is 30.9 Å². The number of pyridine rings is 2. The smallest absolute Gasteiger partial charge is 0.139 e. The maximum Gasteiger partial charge on any atom is 0.139 e. The Morgan fingerprint density at radius 2 is 1.11 bits per heavy atom. The van der Waals surface area contributed by atoms with Crippen molar-refractivity contribution >= 4 is 98.3 Å². The minimum Gasteiger partial charge on any atom is -0.456 e. The molecule has 0 spiro atoms. The lowest BCUT2D eigenvalue weighted by molar-refractivity contribution is 0.590. The van der Waals surface area contributed by atoms with Crippen molar-refractivity contribution < 1.29 is 4.42 Å². The molecule has 0 atom stereocenters. The summed E-state index contributed by atoms with van der Waals surface area (Å²) in [5.41, 5.74) is 10.6. The SMILES string of the molecule is CC(C)(C)c1ccc2c(c1)c1cc(C(C)(C)C)ccc1n2-c1c(Br)c(N(c2ccc3cnccc3c2)c2ccc3cnccc3c2)cc2oc3ccccc3c12. The van der Waals surface area contributed by atoms with Gasteiger partial charge in [-0.3, -0.25) is 9.97 Å². The summed E-state index contributed by atoms with van der Waals surface area (Å²) in [6.45, 7) is 13.7. The number of anilines is 3. The second-order valence-corrected chi connectivity index (χ2v) is 17.8. The molecule has 6 heteroatoms. The fourth-order valence-electron chi connectivity index (χ4n) is 8.25. The van der Waals surface area contributed by atoms with E-state index < -0.39 is 0 Å². The summed E-state index contributed by atoms with van der Waals surface area (Å²) in [6.07, 6.45) is 7.54. The van der Waals surface area contributed by atoms with Crippen molar-refractivity contribution in [2.24, 2.45) is 0 Å². The minimum atomic E-state index is -0.00881. The van der Waals surface area contributed by atoms with E-state index in [0.29, 0.717) is 0 Å². The highest BCUT2D eigenvalue weighted by Gasteiger charge is 2.28. The highest BCUT2D eigenvalue weighted by molar-refractivity contribution is 9.10. The van der Waals surface area contributed by atoms with Crippen molar-refractivity contribution in [3.05, 3.63) is 156 Å². The Morgan fingerprint density at radius 1 is 0.554 bits per heavy atom. The average molecular weight is 794 g/mol. The fraction of sp³-hybridized carbons (Fsp3) is 0.160. The molecule has 4 heterocycles. The Morgan fingerprint density at radius 3 is 1.66 bits per heavy atom. The van der Waals surface area contributed by atoms with Gasteiger partial charge in [-0.05, 0) is 115 Å². The van der Waals surface area contributed by atoms with Gasteiger partial charge < -0.3 is 13.9 Å². The van der Waals surface area contributed by atoms with E-state index in [-0.39, 0.29) is 10.8 Å². The van der Waals surface area contributed by atoms with Gasteiger partial charge in [0.25, 0.3) is 0 Å². The summed E-state index contributed by atoms with van der Waals surface area (Å²) in [5.74, 6) is 0. The van der Waals surface area contributed by atoms with Gasteiger partial charge in [0, 0.05) is 69.2 Å². The average Bonchev–Trinajstić information content (AvgIpc) is 3.72. The normalized spacial score (nSPS) is 12.6. The van der Waals surface area contributed by atoms with E-state index >= 15 is 0 Å². The van der Waals surface area contributed by atoms with Gasteiger partial charge in [0.2, 0.25) is 0 Å². The van der Waals surface area contributed by atoms with E-state index in [0.717, 1.165) is 81.7 Å². The van der Waals surface area contributed by atoms with Crippen molar-refractivity contribution in [3.8, 4) is 5.69 Å². The molecule has 0 aliphatic heterocycles. The summed E-state index contributed by atoms with van der Waals surface area (Å²) >= 11 is 4.33. The van der Waals surface area contributed by atoms with Crippen LogP contribution in [0.1, 0.15) is 52.7 Å². The highest BCUT2D eigenvalue weighted by Crippen LogP contribution is 2.50. The molecule has 10 rings (SSSR count). The Hall–Kier alpha value is -5.98. The summed E-state index contributed by atoms with van der Waals surface area (Å²) < 4.78 is 10.2. The summed E-state index contributed by atoms with van der Waals surface area (Å²) in [5, 5.41) is 9.00. The number of hydrogen-bond acceptors (Lipinski definition) is 4. The van der Waals surface area contributed by atoms with Gasteiger partial charge >= 0.3 is 0 Å². The predicted molar refractivity (Wildman–Crippen MR) is 238 cm³/mol. The summed E-state index contributed by atoms with van der Waals surface area (Å²) in [6, 6.07) is 41.9. The second-order valence-electron chi connectivity index (χ2n) is 17.0. The molecule has 56 heavy (non-hydrogen) atoms. The molecule has 0 unspecified atom stereocenters. The molecule has 0 N–H and O–H groups in total. The van der Waals surface area contributed by atoms with Crippen LogP contribution in [0.15, 0.2) is 149 Å². The number of rotatable bonds is 4. The van der Waals surface area contributed by atoms with E-state index in [4.69, 9.17) is 4.42 Å². The van der Waals surface area contributed by atoms with E-state index in [1.54, 1.807) is 0 Å². The maximum atomic E-state index is 6.82. The van der Waals surface area contributed by atoms with Crippen LogP contribution in [0, 0.1) is 0 Å². The molecule has 4 aromatic heterocycles. The summed E-state index contributed by atoms with van der Waals surface area (Å²) in [7, 11) is 0. The first-order valence-electron chi connectivity index (χ1n) is 19.1. The molecular weight excluding hydrogens is 752 g/mol. The minimum absolute atomic E-state index is 0.00881. The van der Waals surface area contributed by atoms with Crippen molar-refractivity contribution in [1.82, 2.24) is 14.5 Å². The van der Waals surface area contributed by atoms with Gasteiger partial charge in [-0.25, -0.2) is 0 Å². The molecule has 274 valence electrons. The molecular formula is C50H41BrN4O. The molecule has 5 nitrogen and oxygen atoms in total. The third-order valence-corrected chi connectivity index (χ3v) is 12.1. The van der Waals surface area contributed by atoms with Crippen LogP contribution in [0.3, 0.4) is 0 Å². The standard InChI is InChI=1S/C50H41BrN4O/c1-49(2,3)34-13-17-41-39(25-34)40-26-35(50(4,5)6)14-18-42(40)55(41)48-46-38-9-7-8-10-44(38)56-45(46)27-43(47(48)51)54(36-15-11-32-28-52-21-19-30(32)23-36)37-16-12-33-29-53-22-20-31(33)24-37/h7-29H,1-6H3. The zero-order chi connectivity index (χ0) is 38.5. The quantitative estimate of drug-likeness (QED) is 0.178. The maximum absolute atomic E-state index is 6.82. The van der Waals surface area contributed by atoms with Crippen LogP contribution in [-0.2, 0) is 10.8 Å². The molecule has 0 saturated heterocycles. The van der Waals surface area contributed by atoms with Crippen molar-refractivity contribution in [1.29, 1.82) is 0 Å². The number of para-hydroxylation sites is 1. The zero-order valence-corrected chi connectivity index (χ0v) is 33.9. The number of aromatic nitrogens is 3. The first-order chi connectivity index (χ1) is 26.9. The van der Waals surface area contributed by atoms with Crippen LogP contribution in [0.5, 0.6) is 0 Å². The molecule has 0 saturated carbocycles. The van der Waals surface area contributed by atoms with Crippen LogP contribution in [-0.4, -0.2) is 14.5 Å². The number of benzene rings is 6. The molecule has 6 aromatic carbocycles. The first-order valence-corrected chi connectivity index (χ1v) is 19.9. The van der Waals surface area contributed by atoms with Crippen LogP contribution in [0.25, 0.3) is 71.0 Å². The van der Waals surface area contributed by atoms with Gasteiger partial charge in [-0.15, -0.1) is 0 Å². The first kappa shape index (κ1) is 34.5. The van der Waals surface area contributed by atoms with E-state index in [1.165, 1.54) is 21.9 Å². The second kappa shape index (κ2) is 12.5. The van der Waals surface area contributed by atoms with Crippen LogP contribution < -0.4 is 4.90 Å². The number of fused-ring (bicyclic) bond motifs is 8. The van der Waals surface area contributed by atoms with Gasteiger partial charge in [0.05, 0.1) is 32.3 Å². The Labute approximate surface area is 334 Å². The number of nitrogens with zero attached hydrogens (tertiary/aromatic N) is 4.